The van der Waals surface area contributed by atoms with Crippen molar-refractivity contribution >= 4 is 11.8 Å². The van der Waals surface area contributed by atoms with E-state index in [2.05, 4.69) is 76.3 Å². The van der Waals surface area contributed by atoms with Crippen LogP contribution < -0.4 is 5.32 Å². The van der Waals surface area contributed by atoms with Crippen LogP contribution in [-0.4, -0.2) is 0 Å². The Hall–Kier alpha value is -1.67. The van der Waals surface area contributed by atoms with Gasteiger partial charge in [-0.25, -0.2) is 0 Å². The quantitative estimate of drug-likeness (QED) is 0.629. The van der Waals surface area contributed by atoms with E-state index in [9.17, 15) is 0 Å². The van der Waals surface area contributed by atoms with Crippen LogP contribution in [0.4, 0.5) is 0 Å². The van der Waals surface area contributed by atoms with Gasteiger partial charge in [-0.2, -0.15) is 0 Å². The molecule has 1 heterocycles. The standard InChI is InChI=1S/C23H29NS/c1-6-17-11-9-12-18(15(17)4)19-13-10-14-20(16(19)5)23-24-21(7-2)22(8-3)25-23/h9-14,23-24H,6-8H2,1-5H3. The highest BCUT2D eigenvalue weighted by molar-refractivity contribution is 8.03. The van der Waals surface area contributed by atoms with E-state index >= 15 is 0 Å². The number of hydrogen-bond acceptors (Lipinski definition) is 2. The molecule has 2 aromatic rings. The van der Waals surface area contributed by atoms with Crippen molar-refractivity contribution in [2.24, 2.45) is 0 Å². The molecule has 1 aliphatic rings. The lowest BCUT2D eigenvalue weighted by atomic mass is 9.91. The molecule has 1 atom stereocenters. The summed E-state index contributed by atoms with van der Waals surface area (Å²) in [5.74, 6) is 0. The number of benzene rings is 2. The molecule has 0 radical (unpaired) electrons. The molecule has 1 N–H and O–H groups in total. The molecule has 0 saturated carbocycles. The molecule has 25 heavy (non-hydrogen) atoms. The second-order valence-electron chi connectivity index (χ2n) is 6.71. The van der Waals surface area contributed by atoms with Crippen molar-refractivity contribution in [2.75, 3.05) is 0 Å². The summed E-state index contributed by atoms with van der Waals surface area (Å²) in [5, 5.41) is 4.10. The van der Waals surface area contributed by atoms with Crippen molar-refractivity contribution in [1.29, 1.82) is 0 Å². The predicted molar refractivity (Wildman–Crippen MR) is 112 cm³/mol. The first-order valence-electron chi connectivity index (χ1n) is 9.44. The van der Waals surface area contributed by atoms with Crippen molar-refractivity contribution in [3.05, 3.63) is 69.3 Å². The Kier molecular flexibility index (Phi) is 5.58. The maximum absolute atomic E-state index is 3.76. The molecule has 132 valence electrons. The van der Waals surface area contributed by atoms with E-state index in [1.807, 2.05) is 11.8 Å². The summed E-state index contributed by atoms with van der Waals surface area (Å²) in [7, 11) is 0. The zero-order valence-electron chi connectivity index (χ0n) is 16.1. The van der Waals surface area contributed by atoms with Gasteiger partial charge in [0.15, 0.2) is 0 Å². The van der Waals surface area contributed by atoms with E-state index in [0.717, 1.165) is 19.3 Å². The van der Waals surface area contributed by atoms with Gasteiger partial charge in [-0.3, -0.25) is 0 Å². The van der Waals surface area contributed by atoms with Gasteiger partial charge in [-0.05, 0) is 66.5 Å². The number of aryl methyl sites for hydroxylation is 1. The van der Waals surface area contributed by atoms with Crippen LogP contribution in [0.5, 0.6) is 0 Å². The first-order valence-corrected chi connectivity index (χ1v) is 10.3. The van der Waals surface area contributed by atoms with E-state index in [1.54, 1.807) is 0 Å². The van der Waals surface area contributed by atoms with Gasteiger partial charge in [0, 0.05) is 10.6 Å². The van der Waals surface area contributed by atoms with Crippen LogP contribution in [0, 0.1) is 13.8 Å². The van der Waals surface area contributed by atoms with Crippen LogP contribution in [0.25, 0.3) is 11.1 Å². The minimum atomic E-state index is 0.347. The van der Waals surface area contributed by atoms with Crippen LogP contribution in [0.15, 0.2) is 47.0 Å². The molecular weight excluding hydrogens is 322 g/mol. The number of allylic oxidation sites excluding steroid dienone is 2. The summed E-state index contributed by atoms with van der Waals surface area (Å²) in [6.45, 7) is 11.3. The molecule has 2 aromatic carbocycles. The zero-order chi connectivity index (χ0) is 18.0. The highest BCUT2D eigenvalue weighted by Crippen LogP contribution is 2.44. The molecule has 0 spiro atoms. The Balaban J connectivity index is 2.00. The first-order chi connectivity index (χ1) is 12.1. The fourth-order valence-electron chi connectivity index (χ4n) is 3.81. The number of hydrogen-bond donors (Lipinski definition) is 1. The van der Waals surface area contributed by atoms with Gasteiger partial charge in [0.05, 0.1) is 0 Å². The maximum atomic E-state index is 3.76. The third kappa shape index (κ3) is 3.37. The van der Waals surface area contributed by atoms with E-state index in [0.29, 0.717) is 5.37 Å². The molecule has 0 fully saturated rings. The zero-order valence-corrected chi connectivity index (χ0v) is 16.9. The second kappa shape index (κ2) is 7.70. The maximum Gasteiger partial charge on any atom is 0.102 e. The molecule has 1 nitrogen and oxygen atoms in total. The highest BCUT2D eigenvalue weighted by atomic mass is 32.2. The summed E-state index contributed by atoms with van der Waals surface area (Å²) in [5.41, 5.74) is 9.84. The smallest absolute Gasteiger partial charge is 0.102 e. The van der Waals surface area contributed by atoms with Crippen molar-refractivity contribution in [2.45, 2.75) is 59.3 Å². The molecule has 2 heteroatoms. The normalized spacial score (nSPS) is 17.1. The number of rotatable bonds is 5. The molecule has 0 saturated heterocycles. The van der Waals surface area contributed by atoms with Crippen LogP contribution in [0.3, 0.4) is 0 Å². The van der Waals surface area contributed by atoms with Gasteiger partial charge in [0.1, 0.15) is 5.37 Å². The fourth-order valence-corrected chi connectivity index (χ4v) is 5.19. The van der Waals surface area contributed by atoms with E-state index < -0.39 is 0 Å². The van der Waals surface area contributed by atoms with Crippen molar-refractivity contribution in [3.8, 4) is 11.1 Å². The van der Waals surface area contributed by atoms with Crippen LogP contribution in [0.2, 0.25) is 0 Å². The summed E-state index contributed by atoms with van der Waals surface area (Å²) >= 11 is 1.99. The van der Waals surface area contributed by atoms with Crippen LogP contribution >= 0.6 is 11.8 Å². The van der Waals surface area contributed by atoms with E-state index in [1.165, 1.54) is 44.0 Å². The molecule has 1 unspecified atom stereocenters. The third-order valence-electron chi connectivity index (χ3n) is 5.35. The lowest BCUT2D eigenvalue weighted by molar-refractivity contribution is 0.764. The van der Waals surface area contributed by atoms with E-state index in [-0.39, 0.29) is 0 Å². The molecule has 1 aliphatic heterocycles. The average Bonchev–Trinajstić information content (AvgIpc) is 3.05. The van der Waals surface area contributed by atoms with Gasteiger partial charge >= 0.3 is 0 Å². The van der Waals surface area contributed by atoms with Gasteiger partial charge in [0.25, 0.3) is 0 Å². The van der Waals surface area contributed by atoms with Crippen molar-refractivity contribution in [1.82, 2.24) is 5.32 Å². The monoisotopic (exact) mass is 351 g/mol. The lowest BCUT2D eigenvalue weighted by Gasteiger charge is -2.19. The SMILES string of the molecule is CCC1=C(CC)SC(c2cccc(-c3cccc(CC)c3C)c2C)N1. The second-order valence-corrected chi connectivity index (χ2v) is 7.91. The predicted octanol–water partition coefficient (Wildman–Crippen LogP) is 6.90. The van der Waals surface area contributed by atoms with Gasteiger partial charge in [-0.15, -0.1) is 0 Å². The van der Waals surface area contributed by atoms with Gasteiger partial charge < -0.3 is 5.32 Å². The Bertz CT molecular complexity index is 788. The topological polar surface area (TPSA) is 12.0 Å². The number of thioether (sulfide) groups is 1. The van der Waals surface area contributed by atoms with E-state index in [4.69, 9.17) is 0 Å². The van der Waals surface area contributed by atoms with Crippen molar-refractivity contribution in [3.63, 3.8) is 0 Å². The largest absolute Gasteiger partial charge is 0.372 e. The van der Waals surface area contributed by atoms with Crippen molar-refractivity contribution < 1.29 is 0 Å². The van der Waals surface area contributed by atoms with Gasteiger partial charge in [0.2, 0.25) is 0 Å². The minimum Gasteiger partial charge on any atom is -0.372 e. The van der Waals surface area contributed by atoms with Gasteiger partial charge in [-0.1, -0.05) is 68.9 Å². The number of nitrogens with one attached hydrogen (secondary N) is 1. The highest BCUT2D eigenvalue weighted by Gasteiger charge is 2.25. The summed E-state index contributed by atoms with van der Waals surface area (Å²) in [4.78, 5) is 1.52. The lowest BCUT2D eigenvalue weighted by Crippen LogP contribution is -2.14. The molecule has 0 aliphatic carbocycles. The average molecular weight is 352 g/mol. The third-order valence-corrected chi connectivity index (χ3v) is 6.78. The molecule has 0 amide bonds. The minimum absolute atomic E-state index is 0.347. The summed E-state index contributed by atoms with van der Waals surface area (Å²) in [6.07, 6.45) is 3.29. The molecule has 0 bridgehead atoms. The molecular formula is C23H29NS. The first kappa shape index (κ1) is 18.1. The Morgan fingerprint density at radius 2 is 1.52 bits per heavy atom. The van der Waals surface area contributed by atoms with Crippen LogP contribution in [0.1, 0.15) is 61.2 Å². The van der Waals surface area contributed by atoms with Crippen LogP contribution in [-0.2, 0) is 6.42 Å². The molecule has 0 aromatic heterocycles. The summed E-state index contributed by atoms with van der Waals surface area (Å²) < 4.78 is 0. The Labute approximate surface area is 156 Å². The fraction of sp³-hybridized carbons (Fsp3) is 0.391. The Morgan fingerprint density at radius 1 is 0.840 bits per heavy atom. The Morgan fingerprint density at radius 3 is 2.12 bits per heavy atom. The summed E-state index contributed by atoms with van der Waals surface area (Å²) in [6, 6.07) is 13.5. The molecule has 3 rings (SSSR count).